The van der Waals surface area contributed by atoms with Crippen LogP contribution in [0.15, 0.2) is 0 Å². The fourth-order valence-corrected chi connectivity index (χ4v) is 8.71. The normalized spacial score (nSPS) is 24.4. The Morgan fingerprint density at radius 2 is 2.07 bits per heavy atom. The van der Waals surface area contributed by atoms with Crippen LogP contribution in [-0.4, -0.2) is 39.9 Å². The summed E-state index contributed by atoms with van der Waals surface area (Å²) < 4.78 is 11.0. The van der Waals surface area contributed by atoms with Gasteiger partial charge in [0.25, 0.3) is 10.0 Å². The predicted octanol–water partition coefficient (Wildman–Crippen LogP) is -0.723. The molecule has 0 aromatic heterocycles. The molecule has 3 nitrogen and oxygen atoms in total. The Morgan fingerprint density at radius 3 is 2.57 bits per heavy atom. The van der Waals surface area contributed by atoms with E-state index in [-0.39, 0.29) is 0 Å². The minimum absolute atomic E-state index is 0.417. The standard InChI is InChI=1S/C8H22O3Si3/c1-2-14(11-13-10-12)8(9)6-4-3-5-7-8/h9,14H,2-7,13H2,1,12H3. The highest BCUT2D eigenvalue weighted by atomic mass is 28.4. The van der Waals surface area contributed by atoms with Crippen molar-refractivity contribution in [2.75, 3.05) is 0 Å². The molecule has 0 bridgehead atoms. The summed E-state index contributed by atoms with van der Waals surface area (Å²) in [7, 11) is -1.39. The van der Waals surface area contributed by atoms with Gasteiger partial charge in [-0.1, -0.05) is 26.2 Å². The number of hydrogen-bond acceptors (Lipinski definition) is 3. The number of hydrogen-bond donors (Lipinski definition) is 1. The summed E-state index contributed by atoms with van der Waals surface area (Å²) in [6.45, 7) is 2.14. The van der Waals surface area contributed by atoms with Gasteiger partial charge in [-0.25, -0.2) is 0 Å². The van der Waals surface area contributed by atoms with Crippen molar-refractivity contribution in [2.45, 2.75) is 50.3 Å². The molecule has 1 unspecified atom stereocenters. The minimum Gasteiger partial charge on any atom is -0.449 e. The molecule has 0 heterocycles. The summed E-state index contributed by atoms with van der Waals surface area (Å²) in [5, 5.41) is 10.1. The van der Waals surface area contributed by atoms with Gasteiger partial charge in [0.1, 0.15) is 10.5 Å². The third-order valence-corrected chi connectivity index (χ3v) is 8.69. The molecule has 0 radical (unpaired) electrons. The smallest absolute Gasteiger partial charge is 0.283 e. The van der Waals surface area contributed by atoms with Crippen LogP contribution in [-0.2, 0) is 8.23 Å². The van der Waals surface area contributed by atoms with Crippen molar-refractivity contribution >= 4 is 29.5 Å². The third kappa shape index (κ3) is 3.28. The van der Waals surface area contributed by atoms with Crippen molar-refractivity contribution in [3.63, 3.8) is 0 Å². The van der Waals surface area contributed by atoms with Gasteiger partial charge >= 0.3 is 0 Å². The van der Waals surface area contributed by atoms with Crippen LogP contribution in [0.3, 0.4) is 0 Å². The lowest BCUT2D eigenvalue weighted by atomic mass is 9.97. The first kappa shape index (κ1) is 12.6. The van der Waals surface area contributed by atoms with E-state index in [0.29, 0.717) is 0 Å². The summed E-state index contributed by atoms with van der Waals surface area (Å²) in [4.78, 5) is 0. The molecule has 1 rings (SSSR count). The average Bonchev–Trinajstić information content (AvgIpc) is 2.20. The van der Waals surface area contributed by atoms with Gasteiger partial charge in [-0.3, -0.25) is 0 Å². The van der Waals surface area contributed by atoms with E-state index in [1.807, 2.05) is 0 Å². The molecule has 0 aromatic carbocycles. The quantitative estimate of drug-likeness (QED) is 0.655. The molecular formula is C8H22O3Si3. The first-order valence-electron chi connectivity index (χ1n) is 5.56. The lowest BCUT2D eigenvalue weighted by Crippen LogP contribution is -2.49. The van der Waals surface area contributed by atoms with E-state index in [1.165, 1.54) is 19.3 Å². The second-order valence-corrected chi connectivity index (χ2v) is 10.9. The molecule has 0 saturated heterocycles. The van der Waals surface area contributed by atoms with E-state index in [0.717, 1.165) is 29.4 Å². The molecule has 1 saturated carbocycles. The van der Waals surface area contributed by atoms with Crippen LogP contribution < -0.4 is 0 Å². The van der Waals surface area contributed by atoms with Gasteiger partial charge in [-0.15, -0.1) is 0 Å². The Hall–Kier alpha value is 0.531. The fourth-order valence-electron chi connectivity index (χ4n) is 2.29. The number of aliphatic hydroxyl groups is 1. The molecule has 1 aliphatic carbocycles. The average molecular weight is 251 g/mol. The highest BCUT2D eigenvalue weighted by Crippen LogP contribution is 2.31. The summed E-state index contributed by atoms with van der Waals surface area (Å²) in [6, 6.07) is 1.04. The molecule has 1 N–H and O–H groups in total. The SMILES string of the molecule is CC[SiH](O[SiH2]O[SiH3])C1(O)CCCCC1. The Labute approximate surface area is 93.5 Å². The van der Waals surface area contributed by atoms with Crippen molar-refractivity contribution < 1.29 is 13.3 Å². The molecule has 1 atom stereocenters. The second-order valence-electron chi connectivity index (χ2n) is 4.13. The van der Waals surface area contributed by atoms with Gasteiger partial charge in [0.15, 0.2) is 9.04 Å². The lowest BCUT2D eigenvalue weighted by Gasteiger charge is -2.37. The van der Waals surface area contributed by atoms with Crippen LogP contribution in [0.1, 0.15) is 39.0 Å². The Kier molecular flexibility index (Phi) is 5.57. The van der Waals surface area contributed by atoms with Crippen LogP contribution in [0.25, 0.3) is 0 Å². The molecule has 0 amide bonds. The van der Waals surface area contributed by atoms with Crippen LogP contribution >= 0.6 is 0 Å². The summed E-state index contributed by atoms with van der Waals surface area (Å²) in [5.41, 5.74) is 0. The molecule has 84 valence electrons. The lowest BCUT2D eigenvalue weighted by molar-refractivity contribution is 0.0655. The van der Waals surface area contributed by atoms with E-state index in [1.54, 1.807) is 0 Å². The maximum atomic E-state index is 10.5. The molecular weight excluding hydrogens is 228 g/mol. The number of rotatable bonds is 5. The molecule has 0 aliphatic heterocycles. The monoisotopic (exact) mass is 250 g/mol. The molecule has 14 heavy (non-hydrogen) atoms. The Morgan fingerprint density at radius 1 is 1.43 bits per heavy atom. The zero-order valence-corrected chi connectivity index (χ0v) is 13.9. The van der Waals surface area contributed by atoms with Crippen LogP contribution in [0, 0.1) is 0 Å². The Balaban J connectivity index is 2.47. The molecule has 6 heteroatoms. The van der Waals surface area contributed by atoms with E-state index >= 15 is 0 Å². The topological polar surface area (TPSA) is 38.7 Å². The van der Waals surface area contributed by atoms with Crippen molar-refractivity contribution in [1.82, 2.24) is 0 Å². The molecule has 1 aliphatic rings. The highest BCUT2D eigenvalue weighted by molar-refractivity contribution is 6.60. The van der Waals surface area contributed by atoms with Crippen molar-refractivity contribution in [2.24, 2.45) is 0 Å². The zero-order valence-electron chi connectivity index (χ0n) is 9.29. The first-order valence-corrected chi connectivity index (χ1v) is 9.39. The van der Waals surface area contributed by atoms with E-state index in [2.05, 4.69) is 6.92 Å². The van der Waals surface area contributed by atoms with Crippen LogP contribution in [0.4, 0.5) is 0 Å². The van der Waals surface area contributed by atoms with E-state index < -0.39 is 24.3 Å². The van der Waals surface area contributed by atoms with Gasteiger partial charge in [-0.05, 0) is 18.9 Å². The fraction of sp³-hybridized carbons (Fsp3) is 1.00. The molecule has 1 fully saturated rings. The summed E-state index contributed by atoms with van der Waals surface area (Å²) in [5.74, 6) is 0. The predicted molar refractivity (Wildman–Crippen MR) is 66.3 cm³/mol. The van der Waals surface area contributed by atoms with E-state index in [9.17, 15) is 5.11 Å². The van der Waals surface area contributed by atoms with Gasteiger partial charge in [0.2, 0.25) is 0 Å². The van der Waals surface area contributed by atoms with Crippen molar-refractivity contribution in [3.05, 3.63) is 0 Å². The largest absolute Gasteiger partial charge is 0.449 e. The maximum absolute atomic E-state index is 10.5. The molecule has 0 spiro atoms. The van der Waals surface area contributed by atoms with Crippen molar-refractivity contribution in [3.8, 4) is 0 Å². The van der Waals surface area contributed by atoms with Gasteiger partial charge < -0.3 is 13.3 Å². The third-order valence-electron chi connectivity index (χ3n) is 3.08. The second kappa shape index (κ2) is 6.19. The van der Waals surface area contributed by atoms with E-state index in [4.69, 9.17) is 8.23 Å². The Bertz CT molecular complexity index is 162. The minimum atomic E-state index is -1.41. The molecule has 0 aromatic rings. The zero-order chi connectivity index (χ0) is 10.4. The van der Waals surface area contributed by atoms with Crippen molar-refractivity contribution in [1.29, 1.82) is 0 Å². The summed E-state index contributed by atoms with van der Waals surface area (Å²) >= 11 is 0. The van der Waals surface area contributed by atoms with Gasteiger partial charge in [-0.2, -0.15) is 0 Å². The first-order chi connectivity index (χ1) is 6.73. The summed E-state index contributed by atoms with van der Waals surface area (Å²) in [6.07, 6.45) is 5.56. The van der Waals surface area contributed by atoms with Crippen LogP contribution in [0.2, 0.25) is 6.04 Å². The van der Waals surface area contributed by atoms with Gasteiger partial charge in [0.05, 0.1) is 5.22 Å². The highest BCUT2D eigenvalue weighted by Gasteiger charge is 2.38. The van der Waals surface area contributed by atoms with Gasteiger partial charge in [0, 0.05) is 0 Å². The van der Waals surface area contributed by atoms with Crippen LogP contribution in [0.5, 0.6) is 0 Å². The maximum Gasteiger partial charge on any atom is 0.283 e.